The first-order valence-corrected chi connectivity index (χ1v) is 10.1. The van der Waals surface area contributed by atoms with Crippen LogP contribution in [-0.4, -0.2) is 28.1 Å². The third-order valence-corrected chi connectivity index (χ3v) is 6.41. The fourth-order valence-electron chi connectivity index (χ4n) is 5.22. The Hall–Kier alpha value is -2.81. The van der Waals surface area contributed by atoms with Crippen LogP contribution in [0, 0.1) is 23.7 Å². The Balaban J connectivity index is 1.42. The van der Waals surface area contributed by atoms with Crippen LogP contribution in [0.25, 0.3) is 10.9 Å². The molecule has 3 fully saturated rings. The monoisotopic (exact) mass is 393 g/mol. The maximum Gasteiger partial charge on any atom is 0.408 e. The number of hydrogen-bond acceptors (Lipinski definition) is 4. The van der Waals surface area contributed by atoms with Crippen LogP contribution in [0.2, 0.25) is 0 Å². The number of benzene rings is 1. The van der Waals surface area contributed by atoms with E-state index in [1.54, 1.807) is 0 Å². The molecule has 2 bridgehead atoms. The van der Waals surface area contributed by atoms with Gasteiger partial charge in [-0.3, -0.25) is 4.79 Å². The molecule has 3 saturated carbocycles. The summed E-state index contributed by atoms with van der Waals surface area (Å²) in [6.45, 7) is 8.28. The molecule has 0 spiro atoms. The number of alkyl carbamates (subject to hydrolysis) is 1. The summed E-state index contributed by atoms with van der Waals surface area (Å²) in [6.07, 6.45) is 4.39. The molecule has 3 aliphatic rings. The van der Waals surface area contributed by atoms with E-state index in [1.807, 2.05) is 45.9 Å². The van der Waals surface area contributed by atoms with Crippen LogP contribution in [-0.2, 0) is 11.3 Å². The van der Waals surface area contributed by atoms with Crippen LogP contribution in [0.3, 0.4) is 0 Å². The zero-order valence-electron chi connectivity index (χ0n) is 17.5. The van der Waals surface area contributed by atoms with Gasteiger partial charge >= 0.3 is 6.09 Å². The Labute approximate surface area is 170 Å². The highest BCUT2D eigenvalue weighted by Crippen LogP contribution is 2.69. The van der Waals surface area contributed by atoms with Gasteiger partial charge in [0, 0.05) is 28.6 Å². The summed E-state index contributed by atoms with van der Waals surface area (Å²) in [5.41, 5.74) is 2.85. The van der Waals surface area contributed by atoms with Gasteiger partial charge in [0.25, 0.3) is 0 Å². The van der Waals surface area contributed by atoms with Crippen molar-refractivity contribution in [2.45, 2.75) is 71.1 Å². The van der Waals surface area contributed by atoms with Crippen LogP contribution >= 0.6 is 0 Å². The Morgan fingerprint density at radius 2 is 2.03 bits per heavy atom. The second kappa shape index (κ2) is 6.35. The molecule has 0 aliphatic heterocycles. The maximum absolute atomic E-state index is 12.1. The maximum atomic E-state index is 12.1. The standard InChI is InChI=1S/C23H27N3O3/c1-15-16(11-27)5-6-19-18(15)9-17(10-24)26(19)8-7-22-12-23(13-22,14-22)25-20(28)29-21(2,3)4/h5-6,9,11H,7-8,12-14H2,1-4H3,(H,25,28). The number of carbonyl (C=O) groups excluding carboxylic acids is 2. The number of nitriles is 1. The second-order valence-electron chi connectivity index (χ2n) is 9.81. The molecule has 3 aliphatic carbocycles. The van der Waals surface area contributed by atoms with Gasteiger partial charge in [-0.1, -0.05) is 0 Å². The van der Waals surface area contributed by atoms with E-state index in [0.29, 0.717) is 11.3 Å². The summed E-state index contributed by atoms with van der Waals surface area (Å²) in [5.74, 6) is 0. The first kappa shape index (κ1) is 19.5. The Kier molecular flexibility index (Phi) is 4.27. The number of carbonyl (C=O) groups is 2. The molecule has 0 radical (unpaired) electrons. The van der Waals surface area contributed by atoms with Crippen LogP contribution in [0.5, 0.6) is 0 Å². The average molecular weight is 393 g/mol. The molecule has 2 aromatic rings. The van der Waals surface area contributed by atoms with Crippen molar-refractivity contribution in [3.63, 3.8) is 0 Å². The Bertz CT molecular complexity index is 1030. The molecule has 1 amide bonds. The first-order chi connectivity index (χ1) is 13.6. The molecule has 6 nitrogen and oxygen atoms in total. The number of aryl methyl sites for hydroxylation is 2. The summed E-state index contributed by atoms with van der Waals surface area (Å²) in [5, 5.41) is 13.6. The summed E-state index contributed by atoms with van der Waals surface area (Å²) < 4.78 is 7.44. The first-order valence-electron chi connectivity index (χ1n) is 10.1. The number of aldehydes is 1. The molecule has 1 N–H and O–H groups in total. The molecule has 5 rings (SSSR count). The van der Waals surface area contributed by atoms with Crippen LogP contribution in [0.1, 0.15) is 68.1 Å². The van der Waals surface area contributed by atoms with E-state index in [1.165, 1.54) is 0 Å². The molecule has 1 heterocycles. The topological polar surface area (TPSA) is 84.1 Å². The summed E-state index contributed by atoms with van der Waals surface area (Å²) in [6, 6.07) is 7.92. The van der Waals surface area contributed by atoms with E-state index in [-0.39, 0.29) is 17.0 Å². The molecule has 29 heavy (non-hydrogen) atoms. The molecule has 6 heteroatoms. The van der Waals surface area contributed by atoms with Crippen molar-refractivity contribution in [3.8, 4) is 6.07 Å². The average Bonchev–Trinajstić information content (AvgIpc) is 2.93. The normalized spacial score (nSPS) is 24.9. The van der Waals surface area contributed by atoms with Gasteiger partial charge < -0.3 is 14.6 Å². The molecule has 0 atom stereocenters. The number of aromatic nitrogens is 1. The van der Waals surface area contributed by atoms with Crippen molar-refractivity contribution in [2.75, 3.05) is 0 Å². The highest BCUT2D eigenvalue weighted by atomic mass is 16.6. The second-order valence-corrected chi connectivity index (χ2v) is 9.81. The van der Waals surface area contributed by atoms with Crippen molar-refractivity contribution in [2.24, 2.45) is 5.41 Å². The van der Waals surface area contributed by atoms with Gasteiger partial charge in [-0.25, -0.2) is 4.79 Å². The zero-order chi connectivity index (χ0) is 21.0. The van der Waals surface area contributed by atoms with Crippen LogP contribution in [0.4, 0.5) is 4.79 Å². The molecule has 0 unspecified atom stereocenters. The number of fused-ring (bicyclic) bond motifs is 1. The fraction of sp³-hybridized carbons (Fsp3) is 0.522. The highest BCUT2D eigenvalue weighted by molar-refractivity contribution is 5.92. The van der Waals surface area contributed by atoms with Gasteiger partial charge in [0.05, 0.1) is 0 Å². The van der Waals surface area contributed by atoms with Gasteiger partial charge in [-0.15, -0.1) is 0 Å². The minimum atomic E-state index is -0.490. The zero-order valence-corrected chi connectivity index (χ0v) is 17.5. The van der Waals surface area contributed by atoms with Crippen molar-refractivity contribution >= 4 is 23.3 Å². The lowest BCUT2D eigenvalue weighted by Gasteiger charge is -2.70. The minimum Gasteiger partial charge on any atom is -0.444 e. The number of amides is 1. The molecule has 1 aromatic heterocycles. The Morgan fingerprint density at radius 3 is 2.62 bits per heavy atom. The van der Waals surface area contributed by atoms with Gasteiger partial charge in [-0.2, -0.15) is 5.26 Å². The molecule has 1 aromatic carbocycles. The lowest BCUT2D eigenvalue weighted by molar-refractivity contribution is -0.157. The third-order valence-electron chi connectivity index (χ3n) is 6.41. The Morgan fingerprint density at radius 1 is 1.34 bits per heavy atom. The number of nitrogens with zero attached hydrogens (tertiary/aromatic N) is 2. The molecule has 0 saturated heterocycles. The van der Waals surface area contributed by atoms with Crippen molar-refractivity contribution in [1.29, 1.82) is 5.26 Å². The van der Waals surface area contributed by atoms with Gasteiger partial charge in [0.1, 0.15) is 23.7 Å². The predicted octanol–water partition coefficient (Wildman–Crippen LogP) is 4.47. The van der Waals surface area contributed by atoms with Crippen molar-refractivity contribution < 1.29 is 14.3 Å². The number of hydrogen-bond donors (Lipinski definition) is 1. The van der Waals surface area contributed by atoms with E-state index in [9.17, 15) is 14.9 Å². The van der Waals surface area contributed by atoms with E-state index in [4.69, 9.17) is 4.74 Å². The minimum absolute atomic E-state index is 0.103. The van der Waals surface area contributed by atoms with Gasteiger partial charge in [0.15, 0.2) is 0 Å². The quantitative estimate of drug-likeness (QED) is 0.760. The highest BCUT2D eigenvalue weighted by Gasteiger charge is 2.68. The van der Waals surface area contributed by atoms with Crippen LogP contribution in [0.15, 0.2) is 18.2 Å². The lowest BCUT2D eigenvalue weighted by Crippen LogP contribution is -2.74. The van der Waals surface area contributed by atoms with E-state index in [0.717, 1.165) is 55.0 Å². The third kappa shape index (κ3) is 3.29. The van der Waals surface area contributed by atoms with Crippen molar-refractivity contribution in [3.05, 3.63) is 35.0 Å². The summed E-state index contributed by atoms with van der Waals surface area (Å²) in [7, 11) is 0. The summed E-state index contributed by atoms with van der Waals surface area (Å²) >= 11 is 0. The summed E-state index contributed by atoms with van der Waals surface area (Å²) in [4.78, 5) is 23.3. The van der Waals surface area contributed by atoms with E-state index < -0.39 is 5.60 Å². The number of ether oxygens (including phenoxy) is 1. The smallest absolute Gasteiger partial charge is 0.408 e. The molecule has 152 valence electrons. The lowest BCUT2D eigenvalue weighted by atomic mass is 9.38. The number of nitrogens with one attached hydrogen (secondary N) is 1. The van der Waals surface area contributed by atoms with Gasteiger partial charge in [-0.05, 0) is 82.6 Å². The van der Waals surface area contributed by atoms with E-state index >= 15 is 0 Å². The molecular formula is C23H27N3O3. The van der Waals surface area contributed by atoms with E-state index in [2.05, 4.69) is 16.0 Å². The number of rotatable bonds is 5. The molecular weight excluding hydrogens is 366 g/mol. The van der Waals surface area contributed by atoms with Crippen molar-refractivity contribution in [1.82, 2.24) is 9.88 Å². The van der Waals surface area contributed by atoms with Crippen LogP contribution < -0.4 is 5.32 Å². The largest absolute Gasteiger partial charge is 0.444 e. The fourth-order valence-corrected chi connectivity index (χ4v) is 5.22. The SMILES string of the molecule is Cc1c(C=O)ccc2c1cc(C#N)n2CCC12CC(NC(=O)OC(C)(C)C)(C1)C2. The van der Waals surface area contributed by atoms with Gasteiger partial charge in [0.2, 0.25) is 0 Å². The predicted molar refractivity (Wildman–Crippen MR) is 110 cm³/mol.